The van der Waals surface area contributed by atoms with Crippen LogP contribution >= 0.6 is 0 Å². The van der Waals surface area contributed by atoms with Gasteiger partial charge >= 0.3 is 5.97 Å². The molecule has 3 heterocycles. The van der Waals surface area contributed by atoms with Gasteiger partial charge in [0.2, 0.25) is 0 Å². The van der Waals surface area contributed by atoms with Gasteiger partial charge in [0.05, 0.1) is 25.0 Å². The Balaban J connectivity index is 1.67. The molecular formula is C17H26N6O2. The monoisotopic (exact) mass is 346 g/mol. The van der Waals surface area contributed by atoms with Crippen LogP contribution in [0.4, 0.5) is 0 Å². The molecule has 3 rings (SSSR count). The summed E-state index contributed by atoms with van der Waals surface area (Å²) in [5.41, 5.74) is 2.61. The second-order valence-electron chi connectivity index (χ2n) is 6.92. The number of hydrogen-bond acceptors (Lipinski definition) is 6. The Kier molecular flexibility index (Phi) is 5.17. The maximum Gasteiger partial charge on any atom is 0.360 e. The van der Waals surface area contributed by atoms with Gasteiger partial charge in [-0.15, -0.1) is 5.10 Å². The Labute approximate surface area is 147 Å². The highest BCUT2D eigenvalue weighted by Gasteiger charge is 2.24. The summed E-state index contributed by atoms with van der Waals surface area (Å²) in [6, 6.07) is 0.591. The average molecular weight is 346 g/mol. The third-order valence-electron chi connectivity index (χ3n) is 4.70. The van der Waals surface area contributed by atoms with Gasteiger partial charge in [0.15, 0.2) is 5.69 Å². The fourth-order valence-electron chi connectivity index (χ4n) is 3.22. The molecule has 25 heavy (non-hydrogen) atoms. The van der Waals surface area contributed by atoms with Gasteiger partial charge in [-0.2, -0.15) is 5.10 Å². The topological polar surface area (TPSA) is 78.1 Å². The Morgan fingerprint density at radius 1 is 1.40 bits per heavy atom. The van der Waals surface area contributed by atoms with Crippen LogP contribution in [0.5, 0.6) is 0 Å². The van der Waals surface area contributed by atoms with E-state index >= 15 is 0 Å². The van der Waals surface area contributed by atoms with Crippen LogP contribution in [-0.4, -0.2) is 55.8 Å². The maximum atomic E-state index is 11.6. The van der Waals surface area contributed by atoms with Crippen molar-refractivity contribution < 1.29 is 9.53 Å². The van der Waals surface area contributed by atoms with E-state index < -0.39 is 5.97 Å². The van der Waals surface area contributed by atoms with Crippen molar-refractivity contribution in [1.29, 1.82) is 0 Å². The van der Waals surface area contributed by atoms with Crippen LogP contribution < -0.4 is 0 Å². The number of aryl methyl sites for hydroxylation is 1. The van der Waals surface area contributed by atoms with E-state index in [4.69, 9.17) is 4.74 Å². The molecule has 1 aliphatic heterocycles. The number of rotatable bonds is 5. The van der Waals surface area contributed by atoms with E-state index in [1.54, 1.807) is 10.9 Å². The summed E-state index contributed by atoms with van der Waals surface area (Å²) >= 11 is 0. The minimum absolute atomic E-state index is 0.222. The number of methoxy groups -OCH3 is 1. The average Bonchev–Trinajstić information content (AvgIpc) is 3.22. The van der Waals surface area contributed by atoms with Crippen molar-refractivity contribution in [2.75, 3.05) is 20.2 Å². The Bertz CT molecular complexity index is 735. The van der Waals surface area contributed by atoms with Crippen molar-refractivity contribution >= 4 is 5.97 Å². The molecule has 1 fully saturated rings. The summed E-state index contributed by atoms with van der Waals surface area (Å²) in [4.78, 5) is 14.0. The minimum Gasteiger partial charge on any atom is -0.464 e. The Morgan fingerprint density at radius 2 is 2.20 bits per heavy atom. The zero-order chi connectivity index (χ0) is 18.0. The number of carbonyl (C=O) groups is 1. The first-order valence-electron chi connectivity index (χ1n) is 8.75. The summed E-state index contributed by atoms with van der Waals surface area (Å²) in [6.45, 7) is 9.16. The lowest BCUT2D eigenvalue weighted by atomic mass is 10.1. The molecule has 0 aromatic carbocycles. The number of carbonyl (C=O) groups excluding carboxylic acids is 1. The first-order valence-corrected chi connectivity index (χ1v) is 8.75. The van der Waals surface area contributed by atoms with Crippen LogP contribution in [0.15, 0.2) is 12.4 Å². The van der Waals surface area contributed by atoms with Crippen molar-refractivity contribution in [3.8, 4) is 0 Å². The summed E-state index contributed by atoms with van der Waals surface area (Å²) < 4.78 is 8.51. The highest BCUT2D eigenvalue weighted by Crippen LogP contribution is 2.23. The van der Waals surface area contributed by atoms with Gasteiger partial charge in [-0.3, -0.25) is 9.58 Å². The van der Waals surface area contributed by atoms with Gasteiger partial charge in [0, 0.05) is 30.9 Å². The number of ether oxygens (including phenoxy) is 1. The van der Waals surface area contributed by atoms with E-state index in [0.29, 0.717) is 6.04 Å². The number of likely N-dealkylation sites (tertiary alicyclic amines) is 1. The minimum atomic E-state index is -0.448. The molecule has 8 nitrogen and oxygen atoms in total. The standard InChI is InChI=1S/C17H26N6O2/c1-12(2)22-9-14(13(3)19-22)8-21-7-5-6-15(10-21)23-11-16(18-20-23)17(24)25-4/h9,11-12,15H,5-8,10H2,1-4H3/t15-/m0/s1. The first-order chi connectivity index (χ1) is 12.0. The van der Waals surface area contributed by atoms with E-state index in [1.165, 1.54) is 12.7 Å². The molecular weight excluding hydrogens is 320 g/mol. The SMILES string of the molecule is COC(=O)c1cn([C@H]2CCCN(Cc3cn(C(C)C)nc3C)C2)nn1. The molecule has 8 heteroatoms. The van der Waals surface area contributed by atoms with Gasteiger partial charge in [-0.25, -0.2) is 9.48 Å². The number of aromatic nitrogens is 5. The summed E-state index contributed by atoms with van der Waals surface area (Å²) in [6.07, 6.45) is 5.96. The summed E-state index contributed by atoms with van der Waals surface area (Å²) in [7, 11) is 1.35. The van der Waals surface area contributed by atoms with Crippen molar-refractivity contribution in [1.82, 2.24) is 29.7 Å². The maximum absolute atomic E-state index is 11.6. The van der Waals surface area contributed by atoms with Crippen LogP contribution in [-0.2, 0) is 11.3 Å². The van der Waals surface area contributed by atoms with Crippen molar-refractivity contribution in [3.63, 3.8) is 0 Å². The predicted octanol–water partition coefficient (Wildman–Crippen LogP) is 1.99. The predicted molar refractivity (Wildman–Crippen MR) is 92.3 cm³/mol. The Hall–Kier alpha value is -2.22. The summed E-state index contributed by atoms with van der Waals surface area (Å²) in [5, 5.41) is 12.6. The van der Waals surface area contributed by atoms with Crippen LogP contribution in [0.2, 0.25) is 0 Å². The molecule has 0 unspecified atom stereocenters. The largest absolute Gasteiger partial charge is 0.464 e. The molecule has 0 radical (unpaired) electrons. The normalized spacial score (nSPS) is 18.7. The third kappa shape index (κ3) is 3.89. The van der Waals surface area contributed by atoms with E-state index in [-0.39, 0.29) is 11.7 Å². The highest BCUT2D eigenvalue weighted by molar-refractivity contribution is 5.86. The number of nitrogens with zero attached hydrogens (tertiary/aromatic N) is 6. The number of piperidine rings is 1. The number of hydrogen-bond donors (Lipinski definition) is 0. The first kappa shape index (κ1) is 17.6. The molecule has 1 aliphatic rings. The van der Waals surface area contributed by atoms with Gasteiger partial charge in [0.1, 0.15) is 0 Å². The molecule has 136 valence electrons. The lowest BCUT2D eigenvalue weighted by Gasteiger charge is -2.32. The number of esters is 1. The zero-order valence-corrected chi connectivity index (χ0v) is 15.3. The molecule has 2 aromatic rings. The van der Waals surface area contributed by atoms with Crippen LogP contribution in [0.3, 0.4) is 0 Å². The van der Waals surface area contributed by atoms with Gasteiger partial charge in [0.25, 0.3) is 0 Å². The van der Waals surface area contributed by atoms with Crippen LogP contribution in [0.1, 0.15) is 60.5 Å². The van der Waals surface area contributed by atoms with E-state index in [9.17, 15) is 4.79 Å². The van der Waals surface area contributed by atoms with Gasteiger partial charge in [-0.1, -0.05) is 5.21 Å². The highest BCUT2D eigenvalue weighted by atomic mass is 16.5. The molecule has 1 atom stereocenters. The zero-order valence-electron chi connectivity index (χ0n) is 15.3. The smallest absolute Gasteiger partial charge is 0.360 e. The van der Waals surface area contributed by atoms with Crippen molar-refractivity contribution in [3.05, 3.63) is 29.3 Å². The summed E-state index contributed by atoms with van der Waals surface area (Å²) in [5.74, 6) is -0.448. The molecule has 2 aromatic heterocycles. The van der Waals surface area contributed by atoms with Gasteiger partial charge in [-0.05, 0) is 40.2 Å². The molecule has 1 saturated heterocycles. The molecule has 0 saturated carbocycles. The van der Waals surface area contributed by atoms with Crippen molar-refractivity contribution in [2.45, 2.75) is 52.2 Å². The van der Waals surface area contributed by atoms with Gasteiger partial charge < -0.3 is 4.74 Å². The van der Waals surface area contributed by atoms with E-state index in [1.807, 2.05) is 4.68 Å². The molecule has 0 N–H and O–H groups in total. The second kappa shape index (κ2) is 7.35. The lowest BCUT2D eigenvalue weighted by molar-refractivity contribution is 0.0594. The molecule has 0 aliphatic carbocycles. The fraction of sp³-hybridized carbons (Fsp3) is 0.647. The van der Waals surface area contributed by atoms with E-state index in [0.717, 1.165) is 38.2 Å². The molecule has 0 spiro atoms. The quantitative estimate of drug-likeness (QED) is 0.771. The fourth-order valence-corrected chi connectivity index (χ4v) is 3.22. The Morgan fingerprint density at radius 3 is 2.88 bits per heavy atom. The molecule has 0 bridgehead atoms. The second-order valence-corrected chi connectivity index (χ2v) is 6.92. The van der Waals surface area contributed by atoms with Crippen molar-refractivity contribution in [2.24, 2.45) is 0 Å². The molecule has 0 amide bonds. The van der Waals surface area contributed by atoms with E-state index in [2.05, 4.69) is 47.3 Å². The van der Waals surface area contributed by atoms with Crippen LogP contribution in [0.25, 0.3) is 0 Å². The third-order valence-corrected chi connectivity index (χ3v) is 4.70. The van der Waals surface area contributed by atoms with Crippen LogP contribution in [0, 0.1) is 6.92 Å². The lowest BCUT2D eigenvalue weighted by Crippen LogP contribution is -2.36.